The zero-order valence-corrected chi connectivity index (χ0v) is 11.5. The van der Waals surface area contributed by atoms with E-state index in [9.17, 15) is 4.79 Å². The SMILES string of the molecule is CCCOC(Cl)(C=O)Cc1ccc(Cl)cc1C#N. The van der Waals surface area contributed by atoms with E-state index in [4.69, 9.17) is 33.2 Å². The minimum absolute atomic E-state index is 0.137. The molecule has 5 heteroatoms. The van der Waals surface area contributed by atoms with Crippen LogP contribution in [0.25, 0.3) is 0 Å². The second-order valence-corrected chi connectivity index (χ2v) is 4.92. The van der Waals surface area contributed by atoms with Crippen molar-refractivity contribution >= 4 is 29.5 Å². The van der Waals surface area contributed by atoms with Gasteiger partial charge in [-0.2, -0.15) is 5.26 Å². The summed E-state index contributed by atoms with van der Waals surface area (Å²) in [6.45, 7) is 2.31. The van der Waals surface area contributed by atoms with Crippen LogP contribution in [0.15, 0.2) is 18.2 Å². The van der Waals surface area contributed by atoms with Crippen molar-refractivity contribution in [3.05, 3.63) is 34.3 Å². The number of nitrogens with zero attached hydrogens (tertiary/aromatic N) is 1. The van der Waals surface area contributed by atoms with Crippen LogP contribution in [0, 0.1) is 11.3 Å². The van der Waals surface area contributed by atoms with Crippen LogP contribution in [0.2, 0.25) is 5.02 Å². The summed E-state index contributed by atoms with van der Waals surface area (Å²) in [7, 11) is 0. The maximum atomic E-state index is 11.0. The Labute approximate surface area is 116 Å². The number of ether oxygens (including phenoxy) is 1. The summed E-state index contributed by atoms with van der Waals surface area (Å²) in [5, 5.41) is 8.05. The second-order valence-electron chi connectivity index (χ2n) is 3.84. The molecule has 0 fully saturated rings. The van der Waals surface area contributed by atoms with Crippen molar-refractivity contribution in [2.75, 3.05) is 6.61 Å². The molecule has 0 heterocycles. The lowest BCUT2D eigenvalue weighted by molar-refractivity contribution is -0.121. The summed E-state index contributed by atoms with van der Waals surface area (Å²) in [4.78, 5) is 11.0. The summed E-state index contributed by atoms with van der Waals surface area (Å²) >= 11 is 11.9. The monoisotopic (exact) mass is 285 g/mol. The highest BCUT2D eigenvalue weighted by molar-refractivity contribution is 6.31. The lowest BCUT2D eigenvalue weighted by atomic mass is 10.0. The van der Waals surface area contributed by atoms with Crippen molar-refractivity contribution in [3.8, 4) is 6.07 Å². The number of carbonyl (C=O) groups excluding carboxylic acids is 1. The molecule has 0 aliphatic rings. The molecular weight excluding hydrogens is 273 g/mol. The van der Waals surface area contributed by atoms with Crippen LogP contribution in [-0.2, 0) is 16.0 Å². The number of hydrogen-bond acceptors (Lipinski definition) is 3. The van der Waals surface area contributed by atoms with Crippen molar-refractivity contribution in [1.82, 2.24) is 0 Å². The highest BCUT2D eigenvalue weighted by Crippen LogP contribution is 2.24. The van der Waals surface area contributed by atoms with Crippen LogP contribution in [0.1, 0.15) is 24.5 Å². The van der Waals surface area contributed by atoms with Gasteiger partial charge in [0, 0.05) is 18.1 Å². The number of benzene rings is 1. The van der Waals surface area contributed by atoms with E-state index in [0.717, 1.165) is 6.42 Å². The van der Waals surface area contributed by atoms with Gasteiger partial charge in [-0.15, -0.1) is 0 Å². The minimum Gasteiger partial charge on any atom is -0.353 e. The molecule has 18 heavy (non-hydrogen) atoms. The second kappa shape index (κ2) is 6.75. The van der Waals surface area contributed by atoms with E-state index in [0.29, 0.717) is 29.0 Å². The van der Waals surface area contributed by atoms with Crippen molar-refractivity contribution in [1.29, 1.82) is 5.26 Å². The van der Waals surface area contributed by atoms with Gasteiger partial charge in [-0.3, -0.25) is 4.79 Å². The molecule has 0 aromatic heterocycles. The van der Waals surface area contributed by atoms with Crippen molar-refractivity contribution in [2.45, 2.75) is 24.8 Å². The molecule has 96 valence electrons. The van der Waals surface area contributed by atoms with E-state index in [1.807, 2.05) is 13.0 Å². The van der Waals surface area contributed by atoms with Gasteiger partial charge in [-0.25, -0.2) is 0 Å². The normalized spacial score (nSPS) is 13.7. The number of rotatable bonds is 6. The number of nitriles is 1. The molecule has 1 atom stereocenters. The first kappa shape index (κ1) is 15.0. The topological polar surface area (TPSA) is 50.1 Å². The van der Waals surface area contributed by atoms with Gasteiger partial charge in [0.2, 0.25) is 5.06 Å². The van der Waals surface area contributed by atoms with E-state index >= 15 is 0 Å². The Morgan fingerprint density at radius 2 is 2.28 bits per heavy atom. The highest BCUT2D eigenvalue weighted by Gasteiger charge is 2.28. The quantitative estimate of drug-likeness (QED) is 0.595. The van der Waals surface area contributed by atoms with Crippen LogP contribution in [0.3, 0.4) is 0 Å². The molecule has 0 saturated heterocycles. The van der Waals surface area contributed by atoms with Gasteiger partial charge < -0.3 is 4.74 Å². The Hall–Kier alpha value is -1.08. The van der Waals surface area contributed by atoms with Gasteiger partial charge in [0.05, 0.1) is 11.6 Å². The van der Waals surface area contributed by atoms with Gasteiger partial charge in [-0.05, 0) is 24.1 Å². The molecule has 0 aliphatic heterocycles. The van der Waals surface area contributed by atoms with Crippen molar-refractivity contribution in [2.24, 2.45) is 0 Å². The fourth-order valence-corrected chi connectivity index (χ4v) is 1.86. The predicted octanol–water partition coefficient (Wildman–Crippen LogP) is 3.31. The first-order chi connectivity index (χ1) is 8.54. The molecule has 0 aliphatic carbocycles. The molecule has 1 unspecified atom stereocenters. The molecule has 0 saturated carbocycles. The fraction of sp³-hybridized carbons (Fsp3) is 0.385. The number of alkyl halides is 1. The zero-order chi connectivity index (χ0) is 13.6. The lowest BCUT2D eigenvalue weighted by Crippen LogP contribution is -2.31. The maximum Gasteiger partial charge on any atom is 0.201 e. The number of hydrogen-bond donors (Lipinski definition) is 0. The van der Waals surface area contributed by atoms with Crippen LogP contribution in [0.4, 0.5) is 0 Å². The third-order valence-electron chi connectivity index (χ3n) is 2.35. The Bertz CT molecular complexity index is 471. The number of aldehydes is 1. The Morgan fingerprint density at radius 1 is 1.56 bits per heavy atom. The van der Waals surface area contributed by atoms with Gasteiger partial charge in [0.25, 0.3) is 0 Å². The van der Waals surface area contributed by atoms with E-state index in [1.54, 1.807) is 18.2 Å². The summed E-state index contributed by atoms with van der Waals surface area (Å²) in [6, 6.07) is 6.89. The van der Waals surface area contributed by atoms with Crippen LogP contribution in [-0.4, -0.2) is 18.0 Å². The van der Waals surface area contributed by atoms with E-state index in [1.165, 1.54) is 0 Å². The van der Waals surface area contributed by atoms with E-state index in [-0.39, 0.29) is 6.42 Å². The number of carbonyl (C=O) groups is 1. The Kier molecular flexibility index (Phi) is 5.61. The smallest absolute Gasteiger partial charge is 0.201 e. The molecule has 0 amide bonds. The largest absolute Gasteiger partial charge is 0.353 e. The van der Waals surface area contributed by atoms with E-state index < -0.39 is 5.06 Å². The fourth-order valence-electron chi connectivity index (χ4n) is 1.47. The van der Waals surface area contributed by atoms with Crippen LogP contribution in [0.5, 0.6) is 0 Å². The van der Waals surface area contributed by atoms with Gasteiger partial charge in [0.1, 0.15) is 0 Å². The predicted molar refractivity (Wildman–Crippen MR) is 70.8 cm³/mol. The molecule has 0 spiro atoms. The third-order valence-corrected chi connectivity index (χ3v) is 2.91. The first-order valence-electron chi connectivity index (χ1n) is 5.52. The summed E-state index contributed by atoms with van der Waals surface area (Å²) < 4.78 is 5.32. The third kappa shape index (κ3) is 3.99. The zero-order valence-electron chi connectivity index (χ0n) is 9.95. The summed E-state index contributed by atoms with van der Waals surface area (Å²) in [5.74, 6) is 0. The first-order valence-corrected chi connectivity index (χ1v) is 6.28. The lowest BCUT2D eigenvalue weighted by Gasteiger charge is -2.21. The van der Waals surface area contributed by atoms with E-state index in [2.05, 4.69) is 0 Å². The molecule has 1 rings (SSSR count). The molecule has 3 nitrogen and oxygen atoms in total. The molecule has 0 N–H and O–H groups in total. The van der Waals surface area contributed by atoms with Crippen LogP contribution >= 0.6 is 23.2 Å². The minimum atomic E-state index is -1.42. The molecular formula is C13H13Cl2NO2. The summed E-state index contributed by atoms with van der Waals surface area (Å²) in [6.07, 6.45) is 1.45. The Balaban J connectivity index is 2.95. The van der Waals surface area contributed by atoms with Gasteiger partial charge in [-0.1, -0.05) is 36.2 Å². The molecule has 1 aromatic rings. The molecule has 0 radical (unpaired) electrons. The standard InChI is InChI=1S/C13H13Cl2NO2/c1-2-5-18-13(15,9-17)7-10-3-4-12(14)6-11(10)8-16/h3-4,6,9H,2,5,7H2,1H3. The summed E-state index contributed by atoms with van der Waals surface area (Å²) in [5.41, 5.74) is 1.04. The average Bonchev–Trinajstić information content (AvgIpc) is 2.38. The number of halogens is 2. The molecule has 0 bridgehead atoms. The maximum absolute atomic E-state index is 11.0. The van der Waals surface area contributed by atoms with Crippen molar-refractivity contribution in [3.63, 3.8) is 0 Å². The average molecular weight is 286 g/mol. The van der Waals surface area contributed by atoms with Gasteiger partial charge in [0.15, 0.2) is 6.29 Å². The van der Waals surface area contributed by atoms with Crippen LogP contribution < -0.4 is 0 Å². The van der Waals surface area contributed by atoms with Gasteiger partial charge >= 0.3 is 0 Å². The highest BCUT2D eigenvalue weighted by atomic mass is 35.5. The Morgan fingerprint density at radius 3 is 2.83 bits per heavy atom. The molecule has 1 aromatic carbocycles. The van der Waals surface area contributed by atoms with Crippen molar-refractivity contribution < 1.29 is 9.53 Å².